The second-order valence-corrected chi connectivity index (χ2v) is 5.43. The summed E-state index contributed by atoms with van der Waals surface area (Å²) in [7, 11) is -5.25. The molecule has 0 heterocycles. The summed E-state index contributed by atoms with van der Waals surface area (Å²) in [6.45, 7) is 6.48. The Morgan fingerprint density at radius 2 is 1.50 bits per heavy atom. The Balaban J connectivity index is -0.00000144. The van der Waals surface area contributed by atoms with Crippen LogP contribution in [0.25, 0.3) is 0 Å². The van der Waals surface area contributed by atoms with Gasteiger partial charge >= 0.3 is 66.7 Å². The minimum atomic E-state index is -5.25. The third-order valence-electron chi connectivity index (χ3n) is 2.51. The first-order valence-corrected chi connectivity index (χ1v) is 6.51. The topological polar surface area (TPSA) is 138 Å². The maximum Gasteiger partial charge on any atom is 1.00 e. The van der Waals surface area contributed by atoms with E-state index in [1.54, 1.807) is 0 Å². The number of allylic oxidation sites excluding steroid dienone is 2. The summed E-state index contributed by atoms with van der Waals surface area (Å²) >= 11 is 0. The predicted octanol–water partition coefficient (Wildman–Crippen LogP) is -7.82. The number of hydrogen-bond donors (Lipinski definition) is 2. The summed E-state index contributed by atoms with van der Waals surface area (Å²) in [4.78, 5) is 40.1. The molecule has 20 heavy (non-hydrogen) atoms. The summed E-state index contributed by atoms with van der Waals surface area (Å²) in [5.74, 6) is -4.06. The zero-order chi connectivity index (χ0) is 14.6. The quantitative estimate of drug-likeness (QED) is 0.257. The molecule has 0 saturated heterocycles. The Labute approximate surface area is 160 Å². The molecule has 0 radical (unpaired) electrons. The maximum absolute atomic E-state index is 11.2. The van der Waals surface area contributed by atoms with Crippen LogP contribution in [0.15, 0.2) is 25.3 Å². The summed E-state index contributed by atoms with van der Waals surface area (Å²) < 4.78 is 11.2. The Hall–Kier alpha value is 0.570. The molecular formula is C10H13Na2O7P. The molecule has 10 heteroatoms. The van der Waals surface area contributed by atoms with Gasteiger partial charge < -0.3 is 29.6 Å². The van der Waals surface area contributed by atoms with E-state index in [9.17, 15) is 24.4 Å². The van der Waals surface area contributed by atoms with Gasteiger partial charge in [0.1, 0.15) is 5.66 Å². The van der Waals surface area contributed by atoms with Crippen LogP contribution in [-0.2, 0) is 14.2 Å². The minimum Gasteiger partial charge on any atom is -0.549 e. The average Bonchev–Trinajstić information content (AvgIpc) is 2.14. The molecule has 1 atom stereocenters. The van der Waals surface area contributed by atoms with Crippen molar-refractivity contribution in [2.75, 3.05) is 0 Å². The predicted molar refractivity (Wildman–Crippen MR) is 57.9 cm³/mol. The molecule has 0 bridgehead atoms. The fourth-order valence-electron chi connectivity index (χ4n) is 1.78. The van der Waals surface area contributed by atoms with Crippen LogP contribution in [0.5, 0.6) is 0 Å². The summed E-state index contributed by atoms with van der Waals surface area (Å²) in [5.41, 5.74) is -4.85. The van der Waals surface area contributed by atoms with E-state index in [0.717, 1.165) is 12.2 Å². The summed E-state index contributed by atoms with van der Waals surface area (Å²) in [6.07, 6.45) is 1.10. The van der Waals surface area contributed by atoms with Crippen molar-refractivity contribution in [3.8, 4) is 0 Å². The minimum absolute atomic E-state index is 0. The van der Waals surface area contributed by atoms with Crippen LogP contribution in [0.3, 0.4) is 0 Å². The zero-order valence-electron chi connectivity index (χ0n) is 11.4. The molecule has 0 aliphatic rings. The van der Waals surface area contributed by atoms with E-state index in [1.165, 1.54) is 0 Å². The van der Waals surface area contributed by atoms with Crippen molar-refractivity contribution < 1.29 is 93.3 Å². The van der Waals surface area contributed by atoms with Crippen molar-refractivity contribution in [2.24, 2.45) is 5.41 Å². The molecule has 2 N–H and O–H groups in total. The van der Waals surface area contributed by atoms with Crippen molar-refractivity contribution >= 4 is 19.5 Å². The van der Waals surface area contributed by atoms with E-state index >= 15 is 0 Å². The molecule has 0 fully saturated rings. The molecule has 0 rings (SSSR count). The first kappa shape index (κ1) is 25.5. The SMILES string of the molecule is C=CCC(CC=C)(C(=O)[O-])C(C(=O)[O-])P(=O)(O)O.[Na+].[Na+]. The van der Waals surface area contributed by atoms with Crippen LogP contribution in [0, 0.1) is 5.41 Å². The number of carboxylic acid groups (broad SMARTS) is 2. The number of aliphatic carboxylic acids is 2. The number of rotatable bonds is 8. The number of carbonyl (C=O) groups excluding carboxylic acids is 2. The van der Waals surface area contributed by atoms with Crippen LogP contribution in [0.4, 0.5) is 0 Å². The molecule has 0 aromatic carbocycles. The van der Waals surface area contributed by atoms with Crippen LogP contribution < -0.4 is 69.3 Å². The van der Waals surface area contributed by atoms with Gasteiger partial charge in [0, 0.05) is 11.4 Å². The molecule has 0 saturated carbocycles. The van der Waals surface area contributed by atoms with Gasteiger partial charge in [0.25, 0.3) is 0 Å². The van der Waals surface area contributed by atoms with Crippen molar-refractivity contribution in [1.29, 1.82) is 0 Å². The molecule has 1 unspecified atom stereocenters. The Morgan fingerprint density at radius 1 is 1.15 bits per heavy atom. The summed E-state index contributed by atoms with van der Waals surface area (Å²) in [6, 6.07) is 0. The first-order chi connectivity index (χ1) is 8.13. The molecule has 0 amide bonds. The Kier molecular flexibility index (Phi) is 13.2. The zero-order valence-corrected chi connectivity index (χ0v) is 16.3. The van der Waals surface area contributed by atoms with E-state index in [4.69, 9.17) is 9.79 Å². The molecular weight excluding hydrogens is 309 g/mol. The summed E-state index contributed by atoms with van der Waals surface area (Å²) in [5, 5.41) is 22.0. The van der Waals surface area contributed by atoms with E-state index in [1.807, 2.05) is 0 Å². The smallest absolute Gasteiger partial charge is 0.549 e. The van der Waals surface area contributed by atoms with Crippen LogP contribution in [0.2, 0.25) is 0 Å². The first-order valence-electron chi connectivity index (χ1n) is 4.82. The fourth-order valence-corrected chi connectivity index (χ4v) is 3.02. The molecule has 0 spiro atoms. The molecule has 0 aliphatic carbocycles. The standard InChI is InChI=1S/C10H15O7P.2Na/c1-3-5-10(6-4-2,9(13)14)7(8(11)12)18(15,16)17;;/h3-4,7H,1-2,5-6H2,(H,11,12)(H,13,14)(H2,15,16,17);;/q;2*+1/p-2. The Bertz CT molecular complexity index is 408. The third-order valence-corrected chi connectivity index (χ3v) is 3.88. The molecule has 0 aliphatic heterocycles. The van der Waals surface area contributed by atoms with Gasteiger partial charge in [0.15, 0.2) is 0 Å². The molecule has 102 valence electrons. The molecule has 0 aromatic heterocycles. The van der Waals surface area contributed by atoms with Gasteiger partial charge in [0.05, 0.1) is 5.97 Å². The van der Waals surface area contributed by atoms with Crippen molar-refractivity contribution in [2.45, 2.75) is 18.5 Å². The normalized spacial score (nSPS) is 12.3. The number of hydrogen-bond acceptors (Lipinski definition) is 5. The Morgan fingerprint density at radius 3 is 1.65 bits per heavy atom. The van der Waals surface area contributed by atoms with Crippen molar-refractivity contribution in [3.63, 3.8) is 0 Å². The largest absolute Gasteiger partial charge is 1.00 e. The van der Waals surface area contributed by atoms with Crippen molar-refractivity contribution in [1.82, 2.24) is 0 Å². The van der Waals surface area contributed by atoms with Gasteiger partial charge in [-0.25, -0.2) is 0 Å². The van der Waals surface area contributed by atoms with Gasteiger partial charge in [-0.05, 0) is 12.8 Å². The fraction of sp³-hybridized carbons (Fsp3) is 0.400. The number of carboxylic acids is 2. The molecule has 0 aromatic rings. The van der Waals surface area contributed by atoms with Gasteiger partial charge in [-0.15, -0.1) is 13.2 Å². The van der Waals surface area contributed by atoms with E-state index < -0.39 is 43.5 Å². The van der Waals surface area contributed by atoms with Crippen LogP contribution in [-0.4, -0.2) is 27.4 Å². The monoisotopic (exact) mass is 322 g/mol. The average molecular weight is 322 g/mol. The van der Waals surface area contributed by atoms with Crippen molar-refractivity contribution in [3.05, 3.63) is 25.3 Å². The third kappa shape index (κ3) is 6.13. The van der Waals surface area contributed by atoms with E-state index in [2.05, 4.69) is 13.2 Å². The van der Waals surface area contributed by atoms with Gasteiger partial charge in [-0.1, -0.05) is 12.2 Å². The van der Waals surface area contributed by atoms with E-state index in [0.29, 0.717) is 0 Å². The second-order valence-electron chi connectivity index (χ2n) is 3.74. The van der Waals surface area contributed by atoms with Gasteiger partial charge in [-0.2, -0.15) is 0 Å². The molecule has 7 nitrogen and oxygen atoms in total. The van der Waals surface area contributed by atoms with Crippen LogP contribution in [0.1, 0.15) is 12.8 Å². The number of carbonyl (C=O) groups is 2. The second kappa shape index (κ2) is 10.3. The van der Waals surface area contributed by atoms with E-state index in [-0.39, 0.29) is 59.1 Å². The van der Waals surface area contributed by atoms with Gasteiger partial charge in [0.2, 0.25) is 0 Å². The maximum atomic E-state index is 11.2. The van der Waals surface area contributed by atoms with Gasteiger partial charge in [-0.3, -0.25) is 4.57 Å². The van der Waals surface area contributed by atoms with Crippen LogP contribution >= 0.6 is 7.60 Å².